The second-order valence-corrected chi connectivity index (χ2v) is 3.55. The Hall–Kier alpha value is -2.62. The van der Waals surface area contributed by atoms with Gasteiger partial charge in [-0.05, 0) is 24.3 Å². The second kappa shape index (κ2) is 5.14. The van der Waals surface area contributed by atoms with Gasteiger partial charge in [0.1, 0.15) is 11.5 Å². The van der Waals surface area contributed by atoms with E-state index >= 15 is 0 Å². The minimum atomic E-state index is -1.50. The first-order chi connectivity index (χ1) is 8.68. The van der Waals surface area contributed by atoms with Crippen molar-refractivity contribution < 1.29 is 19.4 Å². The third kappa shape index (κ3) is 2.55. The number of ether oxygens (including phenoxy) is 1. The molecule has 2 aromatic carbocycles. The molecular formula is C14H10O4. The molecule has 0 saturated carbocycles. The molecule has 4 nitrogen and oxygen atoms in total. The number of para-hydroxylation sites is 2. The fourth-order valence-corrected chi connectivity index (χ4v) is 1.47. The predicted molar refractivity (Wildman–Crippen MR) is 64.9 cm³/mol. The first-order valence-corrected chi connectivity index (χ1v) is 5.28. The van der Waals surface area contributed by atoms with Gasteiger partial charge in [0, 0.05) is 0 Å². The summed E-state index contributed by atoms with van der Waals surface area (Å²) in [6, 6.07) is 15.1. The zero-order chi connectivity index (χ0) is 13.0. The predicted octanol–water partition coefficient (Wildman–Crippen LogP) is 2.75. The largest absolute Gasteiger partial charge is 0.475 e. The first-order valence-electron chi connectivity index (χ1n) is 5.28. The lowest BCUT2D eigenvalue weighted by Gasteiger charge is -2.08. The lowest BCUT2D eigenvalue weighted by Crippen LogP contribution is -2.13. The fraction of sp³-hybridized carbons (Fsp3) is 0. The Morgan fingerprint density at radius 2 is 1.50 bits per heavy atom. The second-order valence-electron chi connectivity index (χ2n) is 3.55. The molecule has 0 aliphatic rings. The molecule has 0 saturated heterocycles. The van der Waals surface area contributed by atoms with E-state index in [1.807, 2.05) is 6.07 Å². The third-order valence-electron chi connectivity index (χ3n) is 2.30. The Bertz CT molecular complexity index is 575. The van der Waals surface area contributed by atoms with Gasteiger partial charge in [0.05, 0.1) is 5.56 Å². The van der Waals surface area contributed by atoms with Crippen LogP contribution in [-0.2, 0) is 4.79 Å². The van der Waals surface area contributed by atoms with Crippen molar-refractivity contribution in [2.24, 2.45) is 0 Å². The molecule has 0 heterocycles. The number of carbonyl (C=O) groups excluding carboxylic acids is 1. The van der Waals surface area contributed by atoms with Crippen LogP contribution in [0.4, 0.5) is 0 Å². The molecule has 2 rings (SSSR count). The van der Waals surface area contributed by atoms with E-state index in [1.165, 1.54) is 6.07 Å². The summed E-state index contributed by atoms with van der Waals surface area (Å²) in [5, 5.41) is 8.72. The number of carboxylic acid groups (broad SMARTS) is 1. The summed E-state index contributed by atoms with van der Waals surface area (Å²) < 4.78 is 5.50. The monoisotopic (exact) mass is 242 g/mol. The normalized spacial score (nSPS) is 9.78. The lowest BCUT2D eigenvalue weighted by molar-refractivity contribution is -0.131. The number of hydrogen-bond acceptors (Lipinski definition) is 3. The molecule has 0 amide bonds. The standard InChI is InChI=1S/C14H10O4/c15-13(14(16)17)11-8-4-5-9-12(11)18-10-6-2-1-3-7-10/h1-9H,(H,16,17). The van der Waals surface area contributed by atoms with Crippen LogP contribution in [0.1, 0.15) is 10.4 Å². The highest BCUT2D eigenvalue weighted by Gasteiger charge is 2.19. The summed E-state index contributed by atoms with van der Waals surface area (Å²) in [5.41, 5.74) is 0.0360. The van der Waals surface area contributed by atoms with Crippen molar-refractivity contribution in [3.63, 3.8) is 0 Å². The van der Waals surface area contributed by atoms with Crippen molar-refractivity contribution in [3.05, 3.63) is 60.2 Å². The highest BCUT2D eigenvalue weighted by Crippen LogP contribution is 2.25. The maximum Gasteiger partial charge on any atom is 0.377 e. The van der Waals surface area contributed by atoms with Crippen LogP contribution >= 0.6 is 0 Å². The summed E-state index contributed by atoms with van der Waals surface area (Å²) in [7, 11) is 0. The molecule has 0 atom stereocenters. The van der Waals surface area contributed by atoms with Gasteiger partial charge in [-0.15, -0.1) is 0 Å². The molecular weight excluding hydrogens is 232 g/mol. The van der Waals surface area contributed by atoms with Crippen LogP contribution in [0.25, 0.3) is 0 Å². The van der Waals surface area contributed by atoms with Gasteiger partial charge in [0.2, 0.25) is 0 Å². The van der Waals surface area contributed by atoms with Gasteiger partial charge in [0.25, 0.3) is 5.78 Å². The van der Waals surface area contributed by atoms with E-state index in [-0.39, 0.29) is 11.3 Å². The van der Waals surface area contributed by atoms with Gasteiger partial charge in [-0.3, -0.25) is 4.79 Å². The maximum absolute atomic E-state index is 11.5. The number of carbonyl (C=O) groups is 2. The summed E-state index contributed by atoms with van der Waals surface area (Å²) in [6.45, 7) is 0. The topological polar surface area (TPSA) is 63.6 Å². The number of hydrogen-bond donors (Lipinski definition) is 1. The van der Waals surface area contributed by atoms with Gasteiger partial charge in [-0.2, -0.15) is 0 Å². The van der Waals surface area contributed by atoms with E-state index in [4.69, 9.17) is 9.84 Å². The number of carboxylic acids is 1. The molecule has 0 aliphatic heterocycles. The van der Waals surface area contributed by atoms with Gasteiger partial charge < -0.3 is 9.84 Å². The van der Waals surface area contributed by atoms with Crippen LogP contribution in [0.3, 0.4) is 0 Å². The average Bonchev–Trinajstić information content (AvgIpc) is 2.39. The van der Waals surface area contributed by atoms with E-state index in [0.717, 1.165) is 0 Å². The number of ketones is 1. The SMILES string of the molecule is O=C(O)C(=O)c1ccccc1Oc1ccccc1. The smallest absolute Gasteiger partial charge is 0.377 e. The van der Waals surface area contributed by atoms with E-state index in [9.17, 15) is 9.59 Å². The Labute approximate surface area is 103 Å². The zero-order valence-electron chi connectivity index (χ0n) is 9.37. The van der Waals surface area contributed by atoms with Crippen molar-refractivity contribution in [1.29, 1.82) is 0 Å². The number of aliphatic carboxylic acids is 1. The van der Waals surface area contributed by atoms with Crippen molar-refractivity contribution in [3.8, 4) is 11.5 Å². The Morgan fingerprint density at radius 1 is 0.889 bits per heavy atom. The Kier molecular flexibility index (Phi) is 3.38. The molecule has 18 heavy (non-hydrogen) atoms. The maximum atomic E-state index is 11.5. The van der Waals surface area contributed by atoms with Crippen LogP contribution < -0.4 is 4.74 Å². The van der Waals surface area contributed by atoms with Crippen molar-refractivity contribution >= 4 is 11.8 Å². The molecule has 0 fully saturated rings. The van der Waals surface area contributed by atoms with Gasteiger partial charge in [-0.1, -0.05) is 30.3 Å². The number of rotatable bonds is 4. The highest BCUT2D eigenvalue weighted by atomic mass is 16.5. The van der Waals surface area contributed by atoms with E-state index < -0.39 is 11.8 Å². The number of Topliss-reactive ketones (excluding diaryl/α,β-unsaturated/α-hetero) is 1. The van der Waals surface area contributed by atoms with Crippen LogP contribution in [-0.4, -0.2) is 16.9 Å². The van der Waals surface area contributed by atoms with Gasteiger partial charge in [-0.25, -0.2) is 4.79 Å². The molecule has 0 bridgehead atoms. The molecule has 1 N–H and O–H groups in total. The van der Waals surface area contributed by atoms with Gasteiger partial charge in [0.15, 0.2) is 0 Å². The first kappa shape index (κ1) is 11.9. The van der Waals surface area contributed by atoms with Crippen LogP contribution in [0.2, 0.25) is 0 Å². The Balaban J connectivity index is 2.34. The molecule has 90 valence electrons. The summed E-state index contributed by atoms with van der Waals surface area (Å²) in [5.74, 6) is -1.71. The minimum Gasteiger partial charge on any atom is -0.475 e. The van der Waals surface area contributed by atoms with Crippen LogP contribution in [0, 0.1) is 0 Å². The van der Waals surface area contributed by atoms with Crippen LogP contribution in [0.5, 0.6) is 11.5 Å². The lowest BCUT2D eigenvalue weighted by atomic mass is 10.1. The molecule has 0 aliphatic carbocycles. The summed E-state index contributed by atoms with van der Waals surface area (Å²) >= 11 is 0. The molecule has 0 radical (unpaired) electrons. The molecule has 0 unspecified atom stereocenters. The third-order valence-corrected chi connectivity index (χ3v) is 2.30. The van der Waals surface area contributed by atoms with Crippen LogP contribution in [0.15, 0.2) is 54.6 Å². The van der Waals surface area contributed by atoms with Gasteiger partial charge >= 0.3 is 5.97 Å². The average molecular weight is 242 g/mol. The van der Waals surface area contributed by atoms with Crippen molar-refractivity contribution in [1.82, 2.24) is 0 Å². The van der Waals surface area contributed by atoms with Crippen molar-refractivity contribution in [2.45, 2.75) is 0 Å². The van der Waals surface area contributed by atoms with E-state index in [1.54, 1.807) is 42.5 Å². The quantitative estimate of drug-likeness (QED) is 0.661. The summed E-state index contributed by atoms with van der Waals surface area (Å²) in [4.78, 5) is 22.2. The molecule has 2 aromatic rings. The zero-order valence-corrected chi connectivity index (χ0v) is 9.37. The highest BCUT2D eigenvalue weighted by molar-refractivity contribution is 6.40. The van der Waals surface area contributed by atoms with E-state index in [2.05, 4.69) is 0 Å². The Morgan fingerprint density at radius 3 is 2.17 bits per heavy atom. The van der Waals surface area contributed by atoms with Crippen molar-refractivity contribution in [2.75, 3.05) is 0 Å². The molecule has 0 spiro atoms. The summed E-state index contributed by atoms with van der Waals surface area (Å²) in [6.07, 6.45) is 0. The molecule has 0 aromatic heterocycles. The minimum absolute atomic E-state index is 0.0360. The fourth-order valence-electron chi connectivity index (χ4n) is 1.47. The van der Waals surface area contributed by atoms with E-state index in [0.29, 0.717) is 5.75 Å². The molecule has 4 heteroatoms. The number of benzene rings is 2.